The summed E-state index contributed by atoms with van der Waals surface area (Å²) < 4.78 is 19.9. The first kappa shape index (κ1) is 11.5. The number of cyclic esters (lactones) is 2. The van der Waals surface area contributed by atoms with Crippen LogP contribution in [0.1, 0.15) is 36.3 Å². The van der Waals surface area contributed by atoms with Crippen molar-refractivity contribution < 1.29 is 31.6 Å². The maximum Gasteiger partial charge on any atom is 0.337 e. The number of benzene rings is 1. The van der Waals surface area contributed by atoms with Gasteiger partial charge in [-0.15, -0.1) is 0 Å². The van der Waals surface area contributed by atoms with Gasteiger partial charge in [0.15, 0.2) is 0 Å². The Morgan fingerprint density at radius 2 is 2.00 bits per heavy atom. The van der Waals surface area contributed by atoms with E-state index in [9.17, 15) is 29.3 Å². The van der Waals surface area contributed by atoms with Crippen LogP contribution in [0.4, 0.5) is 5.69 Å². The minimum atomic E-state index is -2.55. The molecule has 0 aromatic heterocycles. The van der Waals surface area contributed by atoms with Crippen molar-refractivity contribution in [1.29, 1.82) is 0 Å². The molecule has 1 unspecified atom stereocenters. The molecule has 1 atom stereocenters. The number of nitro groups is 1. The van der Waals surface area contributed by atoms with Crippen molar-refractivity contribution in [2.24, 2.45) is 0 Å². The van der Waals surface area contributed by atoms with Crippen molar-refractivity contribution in [3.63, 3.8) is 0 Å². The Morgan fingerprint density at radius 3 is 2.64 bits per heavy atom. The SMILES string of the molecule is [2H]C1([2H])CC(=O)OC(=O)C1N1C(=O)c2cccc([N+](=O)[O-])c2C1=O. The van der Waals surface area contributed by atoms with E-state index in [1.165, 1.54) is 6.07 Å². The number of hydrogen-bond acceptors (Lipinski definition) is 7. The molecule has 0 aliphatic carbocycles. The number of imide groups is 1. The van der Waals surface area contributed by atoms with Gasteiger partial charge in [0.05, 0.1) is 10.5 Å². The molecule has 0 bridgehead atoms. The number of nitrogens with zero attached hydrogens (tertiary/aromatic N) is 2. The van der Waals surface area contributed by atoms with E-state index in [4.69, 9.17) is 2.74 Å². The molecule has 22 heavy (non-hydrogen) atoms. The fraction of sp³-hybridized carbons (Fsp3) is 0.231. The van der Waals surface area contributed by atoms with Crippen molar-refractivity contribution in [2.75, 3.05) is 0 Å². The summed E-state index contributed by atoms with van der Waals surface area (Å²) >= 11 is 0. The van der Waals surface area contributed by atoms with Gasteiger partial charge in [0.2, 0.25) is 0 Å². The van der Waals surface area contributed by atoms with Gasteiger partial charge in [-0.05, 0) is 12.4 Å². The molecule has 2 heterocycles. The average Bonchev–Trinajstić information content (AvgIpc) is 2.70. The van der Waals surface area contributed by atoms with Crippen LogP contribution in [0.2, 0.25) is 0 Å². The highest BCUT2D eigenvalue weighted by Crippen LogP contribution is 2.33. The van der Waals surface area contributed by atoms with E-state index in [1.54, 1.807) is 0 Å². The summed E-state index contributed by atoms with van der Waals surface area (Å²) in [7, 11) is 0. The first-order valence-corrected chi connectivity index (χ1v) is 6.05. The van der Waals surface area contributed by atoms with Crippen LogP contribution < -0.4 is 0 Å². The van der Waals surface area contributed by atoms with Crippen molar-refractivity contribution in [1.82, 2.24) is 4.90 Å². The van der Waals surface area contributed by atoms with E-state index in [2.05, 4.69) is 4.74 Å². The lowest BCUT2D eigenvalue weighted by Crippen LogP contribution is -2.48. The van der Waals surface area contributed by atoms with Gasteiger partial charge in [0.25, 0.3) is 17.5 Å². The molecule has 3 rings (SSSR count). The standard InChI is InChI=1S/C13H8N2O7/c16-9-5-4-8(13(19)22-9)14-11(17)6-2-1-3-7(15(20)21)10(6)12(14)18/h1-3,8H,4-5H2/i4D2. The summed E-state index contributed by atoms with van der Waals surface area (Å²) in [6.45, 7) is 0. The van der Waals surface area contributed by atoms with Crippen LogP contribution in [0.5, 0.6) is 0 Å². The average molecular weight is 306 g/mol. The number of nitro benzene ring substituents is 1. The molecule has 0 N–H and O–H groups in total. The van der Waals surface area contributed by atoms with E-state index >= 15 is 0 Å². The fourth-order valence-electron chi connectivity index (χ4n) is 2.34. The second kappa shape index (κ2) is 4.72. The van der Waals surface area contributed by atoms with Crippen LogP contribution in [0, 0.1) is 10.1 Å². The molecule has 0 radical (unpaired) electrons. The zero-order valence-electron chi connectivity index (χ0n) is 12.8. The van der Waals surface area contributed by atoms with E-state index in [0.29, 0.717) is 0 Å². The highest BCUT2D eigenvalue weighted by Gasteiger charge is 2.48. The molecule has 2 aliphatic rings. The number of carbonyl (C=O) groups is 4. The smallest absolute Gasteiger partial charge is 0.337 e. The summed E-state index contributed by atoms with van der Waals surface area (Å²) in [5.74, 6) is -4.75. The minimum Gasteiger partial charge on any atom is -0.392 e. The number of carbonyl (C=O) groups excluding carboxylic acids is 4. The maximum atomic E-state index is 12.5. The third-order valence-corrected chi connectivity index (χ3v) is 3.26. The Labute approximate surface area is 125 Å². The largest absolute Gasteiger partial charge is 0.392 e. The molecule has 1 fully saturated rings. The normalized spacial score (nSPS) is 24.5. The summed E-state index contributed by atoms with van der Waals surface area (Å²) in [6, 6.07) is 1.38. The molecule has 0 spiro atoms. The van der Waals surface area contributed by atoms with E-state index < -0.39 is 58.8 Å². The highest BCUT2D eigenvalue weighted by atomic mass is 16.6. The minimum absolute atomic E-state index is 0.284. The Kier molecular flexibility index (Phi) is 2.48. The Balaban J connectivity index is 2.12. The summed E-state index contributed by atoms with van der Waals surface area (Å²) in [4.78, 5) is 58.5. The second-order valence-corrected chi connectivity index (χ2v) is 4.51. The van der Waals surface area contributed by atoms with E-state index in [1.807, 2.05) is 0 Å². The van der Waals surface area contributed by atoms with Crippen LogP contribution in [0.3, 0.4) is 0 Å². The first-order chi connectivity index (χ1) is 11.1. The maximum absolute atomic E-state index is 12.5. The predicted octanol–water partition coefficient (Wildman–Crippen LogP) is 0.423. The summed E-state index contributed by atoms with van der Waals surface area (Å²) in [5, 5.41) is 11.0. The molecule has 1 aromatic rings. The molecule has 0 saturated carbocycles. The Morgan fingerprint density at radius 1 is 1.27 bits per heavy atom. The molecule has 1 aromatic carbocycles. The molecular formula is C13H8N2O7. The molecule has 112 valence electrons. The van der Waals surface area contributed by atoms with Crippen LogP contribution in [0.15, 0.2) is 18.2 Å². The van der Waals surface area contributed by atoms with Crippen molar-refractivity contribution in [3.8, 4) is 0 Å². The summed E-state index contributed by atoms with van der Waals surface area (Å²) in [6.07, 6.45) is -3.38. The monoisotopic (exact) mass is 306 g/mol. The van der Waals surface area contributed by atoms with Crippen LogP contribution in [0.25, 0.3) is 0 Å². The van der Waals surface area contributed by atoms with Gasteiger partial charge >= 0.3 is 11.9 Å². The fourth-order valence-corrected chi connectivity index (χ4v) is 2.34. The predicted molar refractivity (Wildman–Crippen MR) is 67.7 cm³/mol. The number of hydrogen-bond donors (Lipinski definition) is 0. The lowest BCUT2D eigenvalue weighted by molar-refractivity contribution is -0.385. The van der Waals surface area contributed by atoms with Crippen molar-refractivity contribution in [3.05, 3.63) is 39.4 Å². The second-order valence-electron chi connectivity index (χ2n) is 4.51. The number of rotatable bonds is 2. The van der Waals surface area contributed by atoms with E-state index in [0.717, 1.165) is 12.1 Å². The van der Waals surface area contributed by atoms with Gasteiger partial charge in [-0.3, -0.25) is 29.4 Å². The molecule has 9 nitrogen and oxygen atoms in total. The number of esters is 2. The van der Waals surface area contributed by atoms with Crippen LogP contribution in [-0.2, 0) is 14.3 Å². The molecule has 2 amide bonds. The van der Waals surface area contributed by atoms with Gasteiger partial charge in [-0.2, -0.15) is 0 Å². The van der Waals surface area contributed by atoms with Gasteiger partial charge in [-0.1, -0.05) is 6.07 Å². The molecular weight excluding hydrogens is 296 g/mol. The topological polar surface area (TPSA) is 124 Å². The third kappa shape index (κ3) is 1.86. The number of amides is 2. The number of fused-ring (bicyclic) bond motifs is 1. The van der Waals surface area contributed by atoms with Crippen molar-refractivity contribution >= 4 is 29.4 Å². The molecule has 9 heteroatoms. The van der Waals surface area contributed by atoms with E-state index in [-0.39, 0.29) is 10.5 Å². The quantitative estimate of drug-likeness (QED) is 0.255. The van der Waals surface area contributed by atoms with Gasteiger partial charge < -0.3 is 4.74 Å². The first-order valence-electron chi connectivity index (χ1n) is 7.05. The third-order valence-electron chi connectivity index (χ3n) is 3.26. The lowest BCUT2D eigenvalue weighted by Gasteiger charge is -2.26. The van der Waals surface area contributed by atoms with Gasteiger partial charge in [0, 0.05) is 15.2 Å². The molecule has 1 saturated heterocycles. The highest BCUT2D eigenvalue weighted by molar-refractivity contribution is 6.24. The Bertz CT molecular complexity index is 836. The van der Waals surface area contributed by atoms with Gasteiger partial charge in [0.1, 0.15) is 11.6 Å². The summed E-state index contributed by atoms with van der Waals surface area (Å²) in [5.41, 5.74) is -1.46. The van der Waals surface area contributed by atoms with Crippen LogP contribution >= 0.6 is 0 Å². The van der Waals surface area contributed by atoms with Crippen molar-refractivity contribution in [2.45, 2.75) is 18.8 Å². The number of ether oxygens (including phenoxy) is 1. The lowest BCUT2D eigenvalue weighted by atomic mass is 10.1. The molecule has 2 aliphatic heterocycles. The zero-order chi connectivity index (χ0) is 17.8. The zero-order valence-corrected chi connectivity index (χ0v) is 10.8. The van der Waals surface area contributed by atoms with Gasteiger partial charge in [-0.25, -0.2) is 4.79 Å². The Hall–Kier alpha value is -3.10. The van der Waals surface area contributed by atoms with Crippen LogP contribution in [-0.4, -0.2) is 39.6 Å².